The number of nitrogens with zero attached hydrogens (tertiary/aromatic N) is 2. The largest absolute Gasteiger partial charge is 0.395 e. The molecular formula is C23H22F5N3O2. The molecule has 2 aliphatic carbocycles. The molecule has 4 rings (SSSR count). The van der Waals surface area contributed by atoms with Gasteiger partial charge in [-0.05, 0) is 44.2 Å². The Hall–Kier alpha value is -3.04. The third-order valence-electron chi connectivity index (χ3n) is 6.22. The predicted molar refractivity (Wildman–Crippen MR) is 111 cm³/mol. The van der Waals surface area contributed by atoms with Crippen molar-refractivity contribution in [2.45, 2.75) is 50.4 Å². The molecule has 1 spiro atoms. The number of hydrogen-bond acceptors (Lipinski definition) is 3. The zero-order valence-corrected chi connectivity index (χ0v) is 17.6. The summed E-state index contributed by atoms with van der Waals surface area (Å²) >= 11 is 0. The number of halogens is 5. The topological polar surface area (TPSA) is 61.8 Å². The first-order valence-corrected chi connectivity index (χ1v) is 10.7. The minimum atomic E-state index is -4.37. The molecule has 1 aliphatic heterocycles. The van der Waals surface area contributed by atoms with Crippen LogP contribution in [0.4, 0.5) is 27.6 Å². The standard InChI is InChI=1S/C23H22F5N3O2/c24-17-9-8-16(12-18(17)25)29-19(32)13-31-21(33)20(30-22(31)10-2-1-3-11-22)14-4-6-15(7-5-14)23(26,27)28/h4-6,8-9,12,15H,1-3,7,10-11,13H2,(H,29,32). The maximum Gasteiger partial charge on any atom is 0.395 e. The third-order valence-corrected chi connectivity index (χ3v) is 6.22. The van der Waals surface area contributed by atoms with Crippen LogP contribution in [0, 0.1) is 17.6 Å². The Kier molecular flexibility index (Phi) is 6.11. The van der Waals surface area contributed by atoms with Crippen molar-refractivity contribution in [1.29, 1.82) is 0 Å². The summed E-state index contributed by atoms with van der Waals surface area (Å²) in [5.74, 6) is -4.92. The molecule has 33 heavy (non-hydrogen) atoms. The number of rotatable bonds is 4. The van der Waals surface area contributed by atoms with Crippen molar-refractivity contribution in [3.05, 3.63) is 53.6 Å². The van der Waals surface area contributed by atoms with Crippen LogP contribution in [0.3, 0.4) is 0 Å². The number of alkyl halides is 3. The molecule has 10 heteroatoms. The highest BCUT2D eigenvalue weighted by atomic mass is 19.4. The molecule has 1 atom stereocenters. The van der Waals surface area contributed by atoms with Gasteiger partial charge in [0.05, 0.1) is 5.92 Å². The van der Waals surface area contributed by atoms with E-state index in [9.17, 15) is 31.5 Å². The van der Waals surface area contributed by atoms with E-state index in [0.717, 1.165) is 37.5 Å². The van der Waals surface area contributed by atoms with Gasteiger partial charge in [-0.1, -0.05) is 24.6 Å². The smallest absolute Gasteiger partial charge is 0.324 e. The average Bonchev–Trinajstić information content (AvgIpc) is 3.02. The molecule has 0 aromatic heterocycles. The van der Waals surface area contributed by atoms with E-state index in [0.29, 0.717) is 18.4 Å². The van der Waals surface area contributed by atoms with E-state index >= 15 is 0 Å². The number of nitrogens with one attached hydrogen (secondary N) is 1. The molecule has 0 bridgehead atoms. The fourth-order valence-corrected chi connectivity index (χ4v) is 4.50. The molecular weight excluding hydrogens is 445 g/mol. The number of carbonyl (C=O) groups excluding carboxylic acids is 2. The van der Waals surface area contributed by atoms with E-state index in [-0.39, 0.29) is 24.4 Å². The maximum atomic E-state index is 13.4. The van der Waals surface area contributed by atoms with Gasteiger partial charge in [0.15, 0.2) is 11.6 Å². The van der Waals surface area contributed by atoms with Crippen LogP contribution in [0.25, 0.3) is 0 Å². The van der Waals surface area contributed by atoms with Gasteiger partial charge in [-0.15, -0.1) is 0 Å². The van der Waals surface area contributed by atoms with Crippen molar-refractivity contribution in [2.75, 3.05) is 11.9 Å². The van der Waals surface area contributed by atoms with Crippen LogP contribution in [0.5, 0.6) is 0 Å². The summed E-state index contributed by atoms with van der Waals surface area (Å²) in [4.78, 5) is 31.9. The van der Waals surface area contributed by atoms with Gasteiger partial charge in [0, 0.05) is 17.3 Å². The van der Waals surface area contributed by atoms with Crippen molar-refractivity contribution in [3.8, 4) is 0 Å². The third kappa shape index (κ3) is 4.69. The van der Waals surface area contributed by atoms with Gasteiger partial charge in [-0.3, -0.25) is 14.6 Å². The van der Waals surface area contributed by atoms with E-state index in [1.807, 2.05) is 0 Å². The van der Waals surface area contributed by atoms with Gasteiger partial charge in [0.2, 0.25) is 5.91 Å². The summed E-state index contributed by atoms with van der Waals surface area (Å²) in [5.41, 5.74) is -0.533. The first kappa shape index (κ1) is 23.1. The lowest BCUT2D eigenvalue weighted by Gasteiger charge is -2.38. The Balaban J connectivity index is 1.54. The van der Waals surface area contributed by atoms with E-state index in [1.165, 1.54) is 23.1 Å². The normalized spacial score (nSPS) is 22.4. The number of anilines is 1. The van der Waals surface area contributed by atoms with Gasteiger partial charge in [0.1, 0.15) is 17.9 Å². The SMILES string of the molecule is O=C(CN1C(=O)C(C2=CCC(C(F)(F)F)C=C2)=NC12CCCCC2)Nc1ccc(F)c(F)c1. The summed E-state index contributed by atoms with van der Waals surface area (Å²) in [5, 5.41) is 2.45. The first-order chi connectivity index (χ1) is 15.6. The molecule has 1 fully saturated rings. The van der Waals surface area contributed by atoms with E-state index in [2.05, 4.69) is 10.3 Å². The number of allylic oxidation sites excluding steroid dienone is 3. The van der Waals surface area contributed by atoms with Crippen LogP contribution >= 0.6 is 0 Å². The van der Waals surface area contributed by atoms with Crippen molar-refractivity contribution in [1.82, 2.24) is 4.90 Å². The number of hydrogen-bond donors (Lipinski definition) is 1. The first-order valence-electron chi connectivity index (χ1n) is 10.7. The monoisotopic (exact) mass is 467 g/mol. The summed E-state index contributed by atoms with van der Waals surface area (Å²) in [6.07, 6.45) is 2.58. The lowest BCUT2D eigenvalue weighted by Crippen LogP contribution is -2.51. The molecule has 1 saturated carbocycles. The van der Waals surface area contributed by atoms with Crippen LogP contribution < -0.4 is 5.32 Å². The molecule has 1 N–H and O–H groups in total. The maximum absolute atomic E-state index is 13.4. The zero-order chi connectivity index (χ0) is 23.8. The van der Waals surface area contributed by atoms with Gasteiger partial charge < -0.3 is 10.2 Å². The molecule has 2 amide bonds. The van der Waals surface area contributed by atoms with Crippen LogP contribution in [0.2, 0.25) is 0 Å². The molecule has 1 aromatic carbocycles. The highest BCUT2D eigenvalue weighted by Gasteiger charge is 2.49. The summed E-state index contributed by atoms with van der Waals surface area (Å²) in [6.45, 7) is -0.368. The highest BCUT2D eigenvalue weighted by molar-refractivity contribution is 6.47. The molecule has 1 heterocycles. The second-order valence-electron chi connectivity index (χ2n) is 8.47. The van der Waals surface area contributed by atoms with Crippen LogP contribution in [-0.2, 0) is 9.59 Å². The van der Waals surface area contributed by atoms with Crippen molar-refractivity contribution in [3.63, 3.8) is 0 Å². The quantitative estimate of drug-likeness (QED) is 0.640. The second kappa shape index (κ2) is 8.72. The molecule has 1 unspecified atom stereocenters. The Morgan fingerprint density at radius 2 is 1.88 bits per heavy atom. The molecule has 0 saturated heterocycles. The van der Waals surface area contributed by atoms with Crippen molar-refractivity contribution < 1.29 is 31.5 Å². The summed E-state index contributed by atoms with van der Waals surface area (Å²) < 4.78 is 65.5. The van der Waals surface area contributed by atoms with Crippen molar-refractivity contribution in [2.24, 2.45) is 10.9 Å². The second-order valence-corrected chi connectivity index (χ2v) is 8.47. The fourth-order valence-electron chi connectivity index (χ4n) is 4.50. The van der Waals surface area contributed by atoms with Crippen LogP contribution in [0.15, 0.2) is 47.0 Å². The highest BCUT2D eigenvalue weighted by Crippen LogP contribution is 2.41. The summed E-state index contributed by atoms with van der Waals surface area (Å²) in [7, 11) is 0. The van der Waals surface area contributed by atoms with E-state index in [4.69, 9.17) is 0 Å². The van der Waals surface area contributed by atoms with Crippen molar-refractivity contribution >= 4 is 23.2 Å². The molecule has 1 aromatic rings. The Morgan fingerprint density at radius 1 is 1.15 bits per heavy atom. The number of carbonyl (C=O) groups is 2. The van der Waals surface area contributed by atoms with E-state index in [1.54, 1.807) is 0 Å². The molecule has 176 valence electrons. The van der Waals surface area contributed by atoms with Gasteiger partial charge >= 0.3 is 6.18 Å². The number of amides is 2. The van der Waals surface area contributed by atoms with Crippen LogP contribution in [-0.4, -0.2) is 40.8 Å². The van der Waals surface area contributed by atoms with Gasteiger partial charge in [-0.25, -0.2) is 8.78 Å². The minimum absolute atomic E-state index is 0.0421. The molecule has 5 nitrogen and oxygen atoms in total. The lowest BCUT2D eigenvalue weighted by atomic mass is 9.88. The average molecular weight is 467 g/mol. The number of aliphatic imine (C=N–C) groups is 1. The molecule has 0 radical (unpaired) electrons. The fraction of sp³-hybridized carbons (Fsp3) is 0.435. The van der Waals surface area contributed by atoms with Gasteiger partial charge in [-0.2, -0.15) is 13.2 Å². The number of benzene rings is 1. The predicted octanol–water partition coefficient (Wildman–Crippen LogP) is 4.91. The van der Waals surface area contributed by atoms with Gasteiger partial charge in [0.25, 0.3) is 5.91 Å². The Labute approximate surface area is 187 Å². The zero-order valence-electron chi connectivity index (χ0n) is 17.6. The lowest BCUT2D eigenvalue weighted by molar-refractivity contribution is -0.160. The summed E-state index contributed by atoms with van der Waals surface area (Å²) in [6, 6.07) is 2.92. The minimum Gasteiger partial charge on any atom is -0.324 e. The Morgan fingerprint density at radius 3 is 2.48 bits per heavy atom. The van der Waals surface area contributed by atoms with Crippen LogP contribution in [0.1, 0.15) is 38.5 Å². The Bertz CT molecular complexity index is 1050. The molecule has 3 aliphatic rings. The van der Waals surface area contributed by atoms with E-state index < -0.39 is 41.2 Å².